The molecule has 1 fully saturated rings. The number of aryl methyl sites for hydroxylation is 2. The van der Waals surface area contributed by atoms with E-state index in [1.807, 2.05) is 19.0 Å². The second-order valence-corrected chi connectivity index (χ2v) is 6.99. The smallest absolute Gasteiger partial charge is 0.295 e. The summed E-state index contributed by atoms with van der Waals surface area (Å²) >= 11 is 0. The maximum atomic E-state index is 12.9. The number of amides is 1. The van der Waals surface area contributed by atoms with E-state index in [9.17, 15) is 14.7 Å². The van der Waals surface area contributed by atoms with Gasteiger partial charge in [-0.2, -0.15) is 0 Å². The highest BCUT2D eigenvalue weighted by molar-refractivity contribution is 6.46. The Morgan fingerprint density at radius 1 is 1.21 bits per heavy atom. The van der Waals surface area contributed by atoms with Crippen molar-refractivity contribution in [3.05, 3.63) is 58.9 Å². The van der Waals surface area contributed by atoms with E-state index in [-0.39, 0.29) is 11.3 Å². The predicted octanol–water partition coefficient (Wildman–Crippen LogP) is 1.47. The molecule has 28 heavy (non-hydrogen) atoms. The Morgan fingerprint density at radius 2 is 1.89 bits per heavy atom. The van der Waals surface area contributed by atoms with Gasteiger partial charge in [0.25, 0.3) is 11.7 Å². The van der Waals surface area contributed by atoms with Crippen molar-refractivity contribution >= 4 is 17.4 Å². The minimum absolute atomic E-state index is 0.0468. The number of pyridine rings is 1. The van der Waals surface area contributed by atoms with Gasteiger partial charge in [0.2, 0.25) is 0 Å². The molecule has 2 aromatic rings. The van der Waals surface area contributed by atoms with Gasteiger partial charge >= 0.3 is 0 Å². The lowest BCUT2D eigenvalue weighted by atomic mass is 9.96. The fraction of sp³-hybridized carbons (Fsp3) is 0.350. The molecule has 146 valence electrons. The summed E-state index contributed by atoms with van der Waals surface area (Å²) in [4.78, 5) is 41.4. The molecule has 1 atom stereocenters. The number of likely N-dealkylation sites (N-methyl/N-ethyl adjacent to an activating group) is 1. The Hall–Kier alpha value is -3.13. The third kappa shape index (κ3) is 3.63. The number of rotatable bonds is 5. The first-order valence-electron chi connectivity index (χ1n) is 8.95. The average molecular weight is 381 g/mol. The zero-order valence-electron chi connectivity index (χ0n) is 16.4. The van der Waals surface area contributed by atoms with Gasteiger partial charge in [-0.1, -0.05) is 0 Å². The number of hydrogen-bond acceptors (Lipinski definition) is 7. The predicted molar refractivity (Wildman–Crippen MR) is 103 cm³/mol. The largest absolute Gasteiger partial charge is 0.507 e. The third-order valence-corrected chi connectivity index (χ3v) is 4.70. The first kappa shape index (κ1) is 19.6. The number of Topliss-reactive ketones (excluding diaryl/α,β-unsaturated/α-hetero) is 1. The van der Waals surface area contributed by atoms with Gasteiger partial charge in [0.05, 0.1) is 22.9 Å². The van der Waals surface area contributed by atoms with Crippen LogP contribution in [0.5, 0.6) is 0 Å². The van der Waals surface area contributed by atoms with Crippen molar-refractivity contribution < 1.29 is 14.7 Å². The van der Waals surface area contributed by atoms with Gasteiger partial charge in [0.1, 0.15) is 11.6 Å². The molecule has 0 spiro atoms. The molecular weight excluding hydrogens is 358 g/mol. The molecule has 1 amide bonds. The van der Waals surface area contributed by atoms with Crippen molar-refractivity contribution in [2.75, 3.05) is 27.2 Å². The fourth-order valence-electron chi connectivity index (χ4n) is 3.27. The highest BCUT2D eigenvalue weighted by Gasteiger charge is 2.46. The van der Waals surface area contributed by atoms with Gasteiger partial charge in [0, 0.05) is 31.7 Å². The molecule has 1 unspecified atom stereocenters. The fourth-order valence-corrected chi connectivity index (χ4v) is 3.27. The van der Waals surface area contributed by atoms with E-state index < -0.39 is 17.7 Å². The molecule has 0 radical (unpaired) electrons. The lowest BCUT2D eigenvalue weighted by Gasteiger charge is -2.26. The van der Waals surface area contributed by atoms with E-state index in [4.69, 9.17) is 0 Å². The number of aliphatic hydroxyl groups excluding tert-OH is 1. The van der Waals surface area contributed by atoms with Crippen LogP contribution in [0.15, 0.2) is 36.3 Å². The van der Waals surface area contributed by atoms with Crippen molar-refractivity contribution in [1.82, 2.24) is 24.8 Å². The molecule has 1 aliphatic heterocycles. The van der Waals surface area contributed by atoms with Gasteiger partial charge in [-0.3, -0.25) is 14.6 Å². The van der Waals surface area contributed by atoms with E-state index >= 15 is 0 Å². The van der Waals surface area contributed by atoms with Crippen molar-refractivity contribution in [3.8, 4) is 0 Å². The zero-order chi connectivity index (χ0) is 20.4. The number of likely N-dealkylation sites (tertiary alicyclic amines) is 1. The van der Waals surface area contributed by atoms with Crippen LogP contribution in [0.25, 0.3) is 5.76 Å². The van der Waals surface area contributed by atoms with Gasteiger partial charge in [-0.05, 0) is 45.6 Å². The molecule has 3 heterocycles. The summed E-state index contributed by atoms with van der Waals surface area (Å²) in [6, 6.07) is 2.79. The summed E-state index contributed by atoms with van der Waals surface area (Å²) in [5, 5.41) is 11.0. The topological polar surface area (TPSA) is 99.5 Å². The lowest BCUT2D eigenvalue weighted by molar-refractivity contribution is -0.140. The summed E-state index contributed by atoms with van der Waals surface area (Å²) in [5.41, 5.74) is 1.64. The quantitative estimate of drug-likeness (QED) is 0.476. The van der Waals surface area contributed by atoms with Crippen molar-refractivity contribution in [3.63, 3.8) is 0 Å². The molecule has 1 aliphatic rings. The Morgan fingerprint density at radius 3 is 2.50 bits per heavy atom. The van der Waals surface area contributed by atoms with Crippen LogP contribution < -0.4 is 0 Å². The van der Waals surface area contributed by atoms with Gasteiger partial charge in [-0.25, -0.2) is 9.97 Å². The number of carbonyl (C=O) groups is 2. The van der Waals surface area contributed by atoms with Crippen LogP contribution in [0.4, 0.5) is 0 Å². The van der Waals surface area contributed by atoms with Crippen LogP contribution in [0.3, 0.4) is 0 Å². The third-order valence-electron chi connectivity index (χ3n) is 4.70. The maximum absolute atomic E-state index is 12.9. The SMILES string of the molecule is Cc1ncc(/C(O)=C2\C(=O)C(=O)N(CCN(C)C)C2c2ccncc2)c(C)n1. The van der Waals surface area contributed by atoms with Crippen LogP contribution >= 0.6 is 0 Å². The Labute approximate surface area is 163 Å². The van der Waals surface area contributed by atoms with Crippen LogP contribution in [-0.4, -0.2) is 68.7 Å². The van der Waals surface area contributed by atoms with E-state index in [0.29, 0.717) is 35.7 Å². The number of ketones is 1. The molecule has 0 bridgehead atoms. The van der Waals surface area contributed by atoms with E-state index in [1.54, 1.807) is 38.4 Å². The van der Waals surface area contributed by atoms with Crippen LogP contribution in [0.1, 0.15) is 28.7 Å². The molecule has 8 heteroatoms. The van der Waals surface area contributed by atoms with Crippen molar-refractivity contribution in [2.24, 2.45) is 0 Å². The molecule has 2 aromatic heterocycles. The number of nitrogens with zero attached hydrogens (tertiary/aromatic N) is 5. The minimum Gasteiger partial charge on any atom is -0.507 e. The molecule has 1 saturated heterocycles. The number of hydrogen-bond donors (Lipinski definition) is 1. The monoisotopic (exact) mass is 381 g/mol. The standard InChI is InChI=1S/C20H23N5O3/c1-12-15(11-22-13(2)23-12)18(26)16-17(14-5-7-21-8-6-14)25(10-9-24(3)4)20(28)19(16)27/h5-8,11,17,26H,9-10H2,1-4H3/b18-16+. The number of aliphatic hydroxyl groups is 1. The first-order chi connectivity index (χ1) is 13.3. The van der Waals surface area contributed by atoms with Crippen LogP contribution in [0, 0.1) is 13.8 Å². The van der Waals surface area contributed by atoms with Gasteiger partial charge in [0.15, 0.2) is 0 Å². The van der Waals surface area contributed by atoms with Gasteiger partial charge in [-0.15, -0.1) is 0 Å². The first-order valence-corrected chi connectivity index (χ1v) is 8.95. The summed E-state index contributed by atoms with van der Waals surface area (Å²) < 4.78 is 0. The normalized spacial score (nSPS) is 18.9. The molecule has 3 rings (SSSR count). The van der Waals surface area contributed by atoms with Crippen LogP contribution in [0.2, 0.25) is 0 Å². The summed E-state index contributed by atoms with van der Waals surface area (Å²) in [6.45, 7) is 4.41. The molecule has 8 nitrogen and oxygen atoms in total. The highest BCUT2D eigenvalue weighted by Crippen LogP contribution is 2.39. The maximum Gasteiger partial charge on any atom is 0.295 e. The second kappa shape index (κ2) is 7.85. The van der Waals surface area contributed by atoms with E-state index in [2.05, 4.69) is 15.0 Å². The molecular formula is C20H23N5O3. The van der Waals surface area contributed by atoms with E-state index in [1.165, 1.54) is 11.1 Å². The van der Waals surface area contributed by atoms with Gasteiger partial charge < -0.3 is 14.9 Å². The Kier molecular flexibility index (Phi) is 5.51. The lowest BCUT2D eigenvalue weighted by Crippen LogP contribution is -2.35. The van der Waals surface area contributed by atoms with Crippen molar-refractivity contribution in [2.45, 2.75) is 19.9 Å². The molecule has 1 N–H and O–H groups in total. The zero-order valence-corrected chi connectivity index (χ0v) is 16.4. The summed E-state index contributed by atoms with van der Waals surface area (Å²) in [5.74, 6) is -1.04. The molecule has 0 aromatic carbocycles. The second-order valence-electron chi connectivity index (χ2n) is 6.99. The molecule has 0 saturated carbocycles. The van der Waals surface area contributed by atoms with Crippen molar-refractivity contribution in [1.29, 1.82) is 0 Å². The number of aromatic nitrogens is 3. The summed E-state index contributed by atoms with van der Waals surface area (Å²) in [6.07, 6.45) is 4.67. The Balaban J connectivity index is 2.16. The molecule has 0 aliphatic carbocycles. The Bertz CT molecular complexity index is 940. The highest BCUT2D eigenvalue weighted by atomic mass is 16.3. The average Bonchev–Trinajstić information content (AvgIpc) is 2.91. The van der Waals surface area contributed by atoms with E-state index in [0.717, 1.165) is 0 Å². The van der Waals surface area contributed by atoms with Crippen LogP contribution in [-0.2, 0) is 9.59 Å². The summed E-state index contributed by atoms with van der Waals surface area (Å²) in [7, 11) is 3.79. The number of carbonyl (C=O) groups excluding carboxylic acids is 2. The minimum atomic E-state index is -0.710.